The number of aliphatic hydroxyl groups excluding tert-OH is 1. The molecule has 2 aliphatic rings. The summed E-state index contributed by atoms with van der Waals surface area (Å²) in [6, 6.07) is 25.2. The van der Waals surface area contributed by atoms with Crippen LogP contribution < -0.4 is 0 Å². The molecule has 2 N–H and O–H groups in total. The summed E-state index contributed by atoms with van der Waals surface area (Å²) < 4.78 is 0. The fourth-order valence-electron chi connectivity index (χ4n) is 5.59. The molecular weight excluding hydrogens is 498 g/mol. The number of rotatable bonds is 10. The van der Waals surface area contributed by atoms with E-state index in [1.54, 1.807) is 5.01 Å². The fourth-order valence-corrected chi connectivity index (χ4v) is 5.59. The van der Waals surface area contributed by atoms with E-state index >= 15 is 0 Å². The molecule has 3 aromatic rings. The Morgan fingerprint density at radius 2 is 1.65 bits per heavy atom. The lowest BCUT2D eigenvalue weighted by Crippen LogP contribution is -2.41. The highest BCUT2D eigenvalue weighted by Crippen LogP contribution is 2.48. The largest absolute Gasteiger partial charge is 0.481 e. The molecule has 1 atom stereocenters. The molecule has 1 unspecified atom stereocenters. The molecule has 1 heterocycles. The minimum atomic E-state index is -0.746. The average molecular weight is 540 g/mol. The van der Waals surface area contributed by atoms with Gasteiger partial charge in [-0.1, -0.05) is 93.6 Å². The summed E-state index contributed by atoms with van der Waals surface area (Å²) in [4.78, 5) is 13.6. The first-order valence-electron chi connectivity index (χ1n) is 14.4. The molecule has 1 aliphatic heterocycles. The van der Waals surface area contributed by atoms with Crippen molar-refractivity contribution >= 4 is 11.8 Å². The number of aliphatic carboxylic acids is 1. The van der Waals surface area contributed by atoms with E-state index < -0.39 is 17.7 Å². The number of carboxylic acid groups (broad SMARTS) is 1. The van der Waals surface area contributed by atoms with Crippen LogP contribution >= 0.6 is 0 Å². The number of hydrogen-bond acceptors (Lipinski definition) is 5. The number of carbonyl (C=O) groups is 1. The maximum absolute atomic E-state index is 11.7. The number of nitrogens with zero attached hydrogens (tertiary/aromatic N) is 3. The van der Waals surface area contributed by atoms with Gasteiger partial charge in [0.05, 0.1) is 12.0 Å². The Kier molecular flexibility index (Phi) is 7.74. The van der Waals surface area contributed by atoms with Gasteiger partial charge in [0.15, 0.2) is 0 Å². The maximum Gasteiger partial charge on any atom is 0.314 e. The van der Waals surface area contributed by atoms with Crippen LogP contribution in [0.1, 0.15) is 75.6 Å². The first-order valence-corrected chi connectivity index (χ1v) is 14.4. The van der Waals surface area contributed by atoms with Crippen molar-refractivity contribution in [1.29, 1.82) is 0 Å². The summed E-state index contributed by atoms with van der Waals surface area (Å²) in [5, 5.41) is 27.1. The first-order chi connectivity index (χ1) is 19.1. The Labute approximate surface area is 238 Å². The lowest BCUT2D eigenvalue weighted by Gasteiger charge is -2.26. The number of aliphatic hydroxyl groups is 1. The van der Waals surface area contributed by atoms with E-state index in [4.69, 9.17) is 5.10 Å². The molecule has 0 bridgehead atoms. The molecule has 0 aromatic heterocycles. The smallest absolute Gasteiger partial charge is 0.314 e. The first kappa shape index (κ1) is 27.9. The molecule has 0 radical (unpaired) electrons. The van der Waals surface area contributed by atoms with Gasteiger partial charge in [-0.05, 0) is 71.4 Å². The predicted octanol–water partition coefficient (Wildman–Crippen LogP) is 6.52. The molecule has 5 rings (SSSR count). The summed E-state index contributed by atoms with van der Waals surface area (Å²) in [6.07, 6.45) is 3.33. The van der Waals surface area contributed by atoms with Crippen LogP contribution in [0.4, 0.5) is 0 Å². The highest BCUT2D eigenvalue weighted by molar-refractivity contribution is 5.85. The van der Waals surface area contributed by atoms with E-state index in [1.807, 2.05) is 29.2 Å². The second kappa shape index (κ2) is 11.1. The summed E-state index contributed by atoms with van der Waals surface area (Å²) >= 11 is 0. The van der Waals surface area contributed by atoms with Gasteiger partial charge in [-0.2, -0.15) is 5.10 Å². The Balaban J connectivity index is 1.20. The molecule has 40 heavy (non-hydrogen) atoms. The van der Waals surface area contributed by atoms with E-state index in [-0.39, 0.29) is 5.41 Å². The Hall–Kier alpha value is -3.64. The SMILES string of the molecule is CCN1C(CCCc2cccc(-c3ccc(C4(C(=O)O)CC4)cc3)c2)=NN(Cc2ccc(C(C)(C)C)cc2)C1O. The van der Waals surface area contributed by atoms with Gasteiger partial charge in [-0.3, -0.25) is 4.79 Å². The third-order valence-corrected chi connectivity index (χ3v) is 8.35. The van der Waals surface area contributed by atoms with E-state index in [0.717, 1.165) is 60.2 Å². The van der Waals surface area contributed by atoms with Gasteiger partial charge in [0.25, 0.3) is 0 Å². The second-order valence-electron chi connectivity index (χ2n) is 12.2. The molecule has 210 valence electrons. The number of amidine groups is 1. The van der Waals surface area contributed by atoms with Gasteiger partial charge in [0.2, 0.25) is 6.35 Å². The second-order valence-corrected chi connectivity index (χ2v) is 12.2. The minimum absolute atomic E-state index is 0.113. The molecule has 1 fully saturated rings. The van der Waals surface area contributed by atoms with E-state index in [9.17, 15) is 15.0 Å². The number of hydrogen-bond donors (Lipinski definition) is 2. The van der Waals surface area contributed by atoms with Crippen molar-refractivity contribution < 1.29 is 15.0 Å². The quantitative estimate of drug-likeness (QED) is 0.307. The van der Waals surface area contributed by atoms with Crippen molar-refractivity contribution in [2.45, 2.75) is 83.5 Å². The third-order valence-electron chi connectivity index (χ3n) is 8.35. The molecule has 0 amide bonds. The zero-order valence-corrected chi connectivity index (χ0v) is 24.1. The van der Waals surface area contributed by atoms with Crippen LogP contribution in [0.3, 0.4) is 0 Å². The van der Waals surface area contributed by atoms with Crippen LogP contribution in [0.2, 0.25) is 0 Å². The van der Waals surface area contributed by atoms with Crippen LogP contribution in [0.25, 0.3) is 11.1 Å². The number of benzene rings is 3. The van der Waals surface area contributed by atoms with E-state index in [0.29, 0.717) is 13.1 Å². The Morgan fingerprint density at radius 3 is 2.25 bits per heavy atom. The van der Waals surface area contributed by atoms with Crippen LogP contribution in [0, 0.1) is 0 Å². The molecule has 0 spiro atoms. The Bertz CT molecular complexity index is 1370. The lowest BCUT2D eigenvalue weighted by molar-refractivity contribution is -0.140. The van der Waals surface area contributed by atoms with Crippen molar-refractivity contribution in [2.24, 2.45) is 5.10 Å². The van der Waals surface area contributed by atoms with Gasteiger partial charge < -0.3 is 15.1 Å². The number of hydrazone groups is 1. The van der Waals surface area contributed by atoms with Crippen molar-refractivity contribution in [1.82, 2.24) is 9.91 Å². The summed E-state index contributed by atoms with van der Waals surface area (Å²) in [6.45, 7) is 9.96. The molecule has 6 nitrogen and oxygen atoms in total. The van der Waals surface area contributed by atoms with Gasteiger partial charge in [0.1, 0.15) is 5.84 Å². The van der Waals surface area contributed by atoms with E-state index in [1.165, 1.54) is 11.1 Å². The molecule has 0 saturated heterocycles. The number of aryl methyl sites for hydroxylation is 1. The van der Waals surface area contributed by atoms with Gasteiger partial charge >= 0.3 is 5.97 Å². The summed E-state index contributed by atoms with van der Waals surface area (Å²) in [7, 11) is 0. The molecule has 6 heteroatoms. The minimum Gasteiger partial charge on any atom is -0.481 e. The summed E-state index contributed by atoms with van der Waals surface area (Å²) in [5.74, 6) is 0.210. The maximum atomic E-state index is 11.7. The predicted molar refractivity (Wildman–Crippen MR) is 160 cm³/mol. The fraction of sp³-hybridized carbons (Fsp3) is 0.412. The summed E-state index contributed by atoms with van der Waals surface area (Å²) in [5.41, 5.74) is 6.25. The highest BCUT2D eigenvalue weighted by atomic mass is 16.4. The van der Waals surface area contributed by atoms with Gasteiger partial charge in [-0.25, -0.2) is 5.01 Å². The van der Waals surface area contributed by atoms with Crippen molar-refractivity contribution in [2.75, 3.05) is 6.54 Å². The van der Waals surface area contributed by atoms with Crippen LogP contribution in [0.15, 0.2) is 77.9 Å². The monoisotopic (exact) mass is 539 g/mol. The van der Waals surface area contributed by atoms with Crippen LogP contribution in [-0.4, -0.2) is 44.8 Å². The average Bonchev–Trinajstić information content (AvgIpc) is 3.70. The normalized spacial score (nSPS) is 18.1. The Morgan fingerprint density at radius 1 is 0.950 bits per heavy atom. The molecule has 1 aliphatic carbocycles. The van der Waals surface area contributed by atoms with Gasteiger partial charge in [0, 0.05) is 13.0 Å². The zero-order valence-electron chi connectivity index (χ0n) is 24.1. The topological polar surface area (TPSA) is 76.4 Å². The van der Waals surface area contributed by atoms with Crippen molar-refractivity contribution in [3.63, 3.8) is 0 Å². The molecule has 1 saturated carbocycles. The lowest BCUT2D eigenvalue weighted by atomic mass is 9.87. The highest BCUT2D eigenvalue weighted by Gasteiger charge is 2.51. The van der Waals surface area contributed by atoms with Crippen LogP contribution in [-0.2, 0) is 28.6 Å². The molecule has 3 aromatic carbocycles. The third kappa shape index (κ3) is 5.78. The van der Waals surface area contributed by atoms with Crippen molar-refractivity contribution in [3.8, 4) is 11.1 Å². The zero-order chi connectivity index (χ0) is 28.5. The number of carboxylic acids is 1. The molecular formula is C34H41N3O3. The van der Waals surface area contributed by atoms with Crippen LogP contribution in [0.5, 0.6) is 0 Å². The van der Waals surface area contributed by atoms with Crippen molar-refractivity contribution in [3.05, 3.63) is 95.1 Å². The van der Waals surface area contributed by atoms with Gasteiger partial charge in [-0.15, -0.1) is 0 Å². The standard InChI is InChI=1S/C34H41N3O3/c1-5-36-30(35-37(32(36)40)23-25-12-16-28(17-13-25)33(2,3)4)11-7-9-24-8-6-10-27(22-24)26-14-18-29(19-15-26)34(20-21-34)31(38)39/h6,8,10,12-19,22,32,40H,5,7,9,11,20-21,23H2,1-4H3,(H,38,39). The van der Waals surface area contributed by atoms with E-state index in [2.05, 4.69) is 76.2 Å².